The monoisotopic (exact) mass is 215 g/mol. The topological polar surface area (TPSA) is 47.6 Å². The fourth-order valence-electron chi connectivity index (χ4n) is 1.58. The second-order valence-corrected chi connectivity index (χ2v) is 5.34. The zero-order chi connectivity index (χ0) is 11.5. The number of carbonyl (C=O) groups excluding carboxylic acids is 1. The average Bonchev–Trinajstić information content (AvgIpc) is 1.99. The zero-order valence-corrected chi connectivity index (χ0v) is 10.1. The van der Waals surface area contributed by atoms with Crippen LogP contribution in [0, 0.1) is 0 Å². The molecule has 15 heavy (non-hydrogen) atoms. The second-order valence-electron chi connectivity index (χ2n) is 5.34. The smallest absolute Gasteiger partial charge is 0.408 e. The predicted molar refractivity (Wildman–Crippen MR) is 57.8 cm³/mol. The van der Waals surface area contributed by atoms with Crippen LogP contribution < -0.4 is 5.32 Å². The third-order valence-corrected chi connectivity index (χ3v) is 2.24. The summed E-state index contributed by atoms with van der Waals surface area (Å²) in [5, 5.41) is 2.87. The zero-order valence-electron chi connectivity index (χ0n) is 10.1. The molecule has 0 bridgehead atoms. The minimum absolute atomic E-state index is 0.277. The Morgan fingerprint density at radius 1 is 1.47 bits per heavy atom. The summed E-state index contributed by atoms with van der Waals surface area (Å²) in [5.41, 5.74) is -0.726. The van der Waals surface area contributed by atoms with Crippen molar-refractivity contribution < 1.29 is 14.3 Å². The van der Waals surface area contributed by atoms with Gasteiger partial charge in [-0.1, -0.05) is 0 Å². The van der Waals surface area contributed by atoms with E-state index in [0.717, 1.165) is 19.4 Å². The molecule has 0 spiro atoms. The summed E-state index contributed by atoms with van der Waals surface area (Å²) in [5.74, 6) is 0. The molecule has 0 aromatic carbocycles. The highest BCUT2D eigenvalue weighted by Gasteiger charge is 2.31. The van der Waals surface area contributed by atoms with Gasteiger partial charge in [-0.2, -0.15) is 0 Å². The lowest BCUT2D eigenvalue weighted by Gasteiger charge is -2.34. The van der Waals surface area contributed by atoms with Crippen molar-refractivity contribution in [2.45, 2.75) is 51.7 Å². The van der Waals surface area contributed by atoms with E-state index in [1.807, 2.05) is 27.7 Å². The molecule has 1 aliphatic rings. The molecule has 1 saturated heterocycles. The predicted octanol–water partition coefficient (Wildman–Crippen LogP) is 2.08. The second kappa shape index (κ2) is 4.39. The summed E-state index contributed by atoms with van der Waals surface area (Å²) < 4.78 is 10.5. The van der Waals surface area contributed by atoms with Gasteiger partial charge in [-0.3, -0.25) is 0 Å². The maximum absolute atomic E-state index is 11.5. The van der Waals surface area contributed by atoms with E-state index in [1.54, 1.807) is 0 Å². The van der Waals surface area contributed by atoms with Crippen molar-refractivity contribution in [1.82, 2.24) is 5.32 Å². The number of hydrogen-bond acceptors (Lipinski definition) is 3. The Kier molecular flexibility index (Phi) is 3.60. The van der Waals surface area contributed by atoms with Crippen molar-refractivity contribution in [3.05, 3.63) is 0 Å². The van der Waals surface area contributed by atoms with Crippen molar-refractivity contribution >= 4 is 6.09 Å². The van der Waals surface area contributed by atoms with Gasteiger partial charge in [0.15, 0.2) is 0 Å². The minimum Gasteiger partial charge on any atom is -0.444 e. The number of carbonyl (C=O) groups is 1. The summed E-state index contributed by atoms with van der Waals surface area (Å²) in [6.45, 7) is 8.89. The lowest BCUT2D eigenvalue weighted by molar-refractivity contribution is 0.0100. The SMILES string of the molecule is CC1(NC(=O)OC(C)(C)C)CCCOC1. The Balaban J connectivity index is 2.42. The number of nitrogens with one attached hydrogen (secondary N) is 1. The van der Waals surface area contributed by atoms with E-state index in [4.69, 9.17) is 9.47 Å². The van der Waals surface area contributed by atoms with Gasteiger partial charge in [-0.15, -0.1) is 0 Å². The van der Waals surface area contributed by atoms with Crippen LogP contribution >= 0.6 is 0 Å². The van der Waals surface area contributed by atoms with Gasteiger partial charge < -0.3 is 14.8 Å². The number of amides is 1. The van der Waals surface area contributed by atoms with Crippen LogP contribution in [-0.2, 0) is 9.47 Å². The van der Waals surface area contributed by atoms with Crippen LogP contribution in [0.15, 0.2) is 0 Å². The summed E-state index contributed by atoms with van der Waals surface area (Å²) in [6, 6.07) is 0. The molecule has 1 unspecified atom stereocenters. The van der Waals surface area contributed by atoms with Crippen molar-refractivity contribution in [3.8, 4) is 0 Å². The van der Waals surface area contributed by atoms with Gasteiger partial charge in [0.2, 0.25) is 0 Å². The Morgan fingerprint density at radius 2 is 2.13 bits per heavy atom. The molecule has 4 heteroatoms. The lowest BCUT2D eigenvalue weighted by atomic mass is 9.95. The van der Waals surface area contributed by atoms with E-state index in [9.17, 15) is 4.79 Å². The van der Waals surface area contributed by atoms with Gasteiger partial charge in [-0.05, 0) is 40.5 Å². The van der Waals surface area contributed by atoms with Crippen LogP contribution in [0.4, 0.5) is 4.79 Å². The molecule has 0 radical (unpaired) electrons. The Morgan fingerprint density at radius 3 is 2.60 bits per heavy atom. The highest BCUT2D eigenvalue weighted by atomic mass is 16.6. The average molecular weight is 215 g/mol. The quantitative estimate of drug-likeness (QED) is 0.728. The number of hydrogen-bond donors (Lipinski definition) is 1. The minimum atomic E-state index is -0.448. The molecule has 88 valence electrons. The van der Waals surface area contributed by atoms with E-state index < -0.39 is 5.60 Å². The molecule has 1 rings (SSSR count). The van der Waals surface area contributed by atoms with Crippen LogP contribution in [0.1, 0.15) is 40.5 Å². The van der Waals surface area contributed by atoms with Crippen molar-refractivity contribution in [2.75, 3.05) is 13.2 Å². The highest BCUT2D eigenvalue weighted by molar-refractivity contribution is 5.68. The molecule has 1 amide bonds. The molecule has 0 aliphatic carbocycles. The molecule has 0 saturated carbocycles. The largest absolute Gasteiger partial charge is 0.444 e. The first-order valence-electron chi connectivity index (χ1n) is 5.40. The van der Waals surface area contributed by atoms with Gasteiger partial charge in [0.05, 0.1) is 12.1 Å². The van der Waals surface area contributed by atoms with Crippen molar-refractivity contribution in [3.63, 3.8) is 0 Å². The van der Waals surface area contributed by atoms with Gasteiger partial charge in [-0.25, -0.2) is 4.79 Å². The van der Waals surface area contributed by atoms with E-state index in [-0.39, 0.29) is 11.6 Å². The molecular formula is C11H21NO3. The van der Waals surface area contributed by atoms with Crippen LogP contribution in [0.3, 0.4) is 0 Å². The van der Waals surface area contributed by atoms with E-state index >= 15 is 0 Å². The molecular weight excluding hydrogens is 194 g/mol. The summed E-state index contributed by atoms with van der Waals surface area (Å²) in [4.78, 5) is 11.5. The number of alkyl carbamates (subject to hydrolysis) is 1. The van der Waals surface area contributed by atoms with E-state index in [2.05, 4.69) is 5.32 Å². The summed E-state index contributed by atoms with van der Waals surface area (Å²) >= 11 is 0. The van der Waals surface area contributed by atoms with E-state index in [0.29, 0.717) is 6.61 Å². The van der Waals surface area contributed by atoms with Crippen LogP contribution in [0.25, 0.3) is 0 Å². The van der Waals surface area contributed by atoms with Gasteiger partial charge in [0.25, 0.3) is 0 Å². The maximum Gasteiger partial charge on any atom is 0.408 e. The number of ether oxygens (including phenoxy) is 2. The highest BCUT2D eigenvalue weighted by Crippen LogP contribution is 2.19. The lowest BCUT2D eigenvalue weighted by Crippen LogP contribution is -2.52. The van der Waals surface area contributed by atoms with Gasteiger partial charge in [0, 0.05) is 6.61 Å². The Bertz CT molecular complexity index is 226. The molecule has 1 aliphatic heterocycles. The Labute approximate surface area is 91.3 Å². The first-order valence-corrected chi connectivity index (χ1v) is 5.40. The Hall–Kier alpha value is -0.770. The van der Waals surface area contributed by atoms with Crippen LogP contribution in [0.5, 0.6) is 0 Å². The standard InChI is InChI=1S/C11H21NO3/c1-10(2,3)15-9(13)12-11(4)6-5-7-14-8-11/h5-8H2,1-4H3,(H,12,13). The molecule has 0 aromatic heterocycles. The van der Waals surface area contributed by atoms with Gasteiger partial charge >= 0.3 is 6.09 Å². The fourth-order valence-corrected chi connectivity index (χ4v) is 1.58. The van der Waals surface area contributed by atoms with Crippen molar-refractivity contribution in [2.24, 2.45) is 0 Å². The first-order chi connectivity index (χ1) is 6.81. The molecule has 1 heterocycles. The van der Waals surface area contributed by atoms with Crippen LogP contribution in [0.2, 0.25) is 0 Å². The molecule has 1 N–H and O–H groups in total. The normalized spacial score (nSPS) is 27.2. The third kappa shape index (κ3) is 4.51. The third-order valence-electron chi connectivity index (χ3n) is 2.24. The first kappa shape index (κ1) is 12.3. The van der Waals surface area contributed by atoms with Crippen LogP contribution in [-0.4, -0.2) is 30.4 Å². The molecule has 1 fully saturated rings. The fraction of sp³-hybridized carbons (Fsp3) is 0.909. The molecule has 4 nitrogen and oxygen atoms in total. The number of rotatable bonds is 1. The van der Waals surface area contributed by atoms with Crippen molar-refractivity contribution in [1.29, 1.82) is 0 Å². The summed E-state index contributed by atoms with van der Waals surface area (Å²) in [7, 11) is 0. The maximum atomic E-state index is 11.5. The molecule has 1 atom stereocenters. The van der Waals surface area contributed by atoms with Gasteiger partial charge in [0.1, 0.15) is 5.60 Å². The molecule has 0 aromatic rings. The summed E-state index contributed by atoms with van der Waals surface area (Å²) in [6.07, 6.45) is 1.55. The van der Waals surface area contributed by atoms with E-state index in [1.165, 1.54) is 0 Å².